The Hall–Kier alpha value is -3.35. The fraction of sp³-hybridized carbons (Fsp3) is 0.200. The maximum Gasteiger partial charge on any atom is 0.255 e. The summed E-state index contributed by atoms with van der Waals surface area (Å²) >= 11 is 0. The molecular weight excluding hydrogens is 345 g/mol. The first-order valence-corrected chi connectivity index (χ1v) is 8.66. The summed E-state index contributed by atoms with van der Waals surface area (Å²) in [4.78, 5) is 27.3. The number of halogens is 1. The summed E-state index contributed by atoms with van der Waals surface area (Å²) in [6.45, 7) is 1.34. The summed E-state index contributed by atoms with van der Waals surface area (Å²) in [6.07, 6.45) is 6.03. The molecule has 7 heteroatoms. The van der Waals surface area contributed by atoms with E-state index in [1.165, 1.54) is 29.1 Å². The summed E-state index contributed by atoms with van der Waals surface area (Å²) in [5.41, 5.74) is 3.04. The van der Waals surface area contributed by atoms with Gasteiger partial charge in [-0.05, 0) is 35.8 Å². The lowest BCUT2D eigenvalue weighted by Gasteiger charge is -2.29. The normalized spacial score (nSPS) is 14.1. The summed E-state index contributed by atoms with van der Waals surface area (Å²) < 4.78 is 14.8. The average molecular weight is 363 g/mol. The second kappa shape index (κ2) is 7.11. The molecule has 2 aromatic heterocycles. The molecule has 0 atom stereocenters. The van der Waals surface area contributed by atoms with E-state index in [0.29, 0.717) is 23.9 Å². The minimum atomic E-state index is -0.256. The summed E-state index contributed by atoms with van der Waals surface area (Å²) in [5.74, 6) is 0.331. The van der Waals surface area contributed by atoms with Crippen LogP contribution in [0.4, 0.5) is 10.3 Å². The predicted molar refractivity (Wildman–Crippen MR) is 102 cm³/mol. The Morgan fingerprint density at radius 3 is 2.67 bits per heavy atom. The van der Waals surface area contributed by atoms with Crippen molar-refractivity contribution in [2.45, 2.75) is 6.42 Å². The van der Waals surface area contributed by atoms with E-state index < -0.39 is 0 Å². The third kappa shape index (κ3) is 3.48. The van der Waals surface area contributed by atoms with Crippen LogP contribution >= 0.6 is 0 Å². The van der Waals surface area contributed by atoms with Crippen LogP contribution in [0.5, 0.6) is 0 Å². The molecule has 1 aromatic carbocycles. The van der Waals surface area contributed by atoms with Crippen LogP contribution in [0, 0.1) is 5.82 Å². The van der Waals surface area contributed by atoms with Crippen LogP contribution in [0.15, 0.2) is 59.8 Å². The molecule has 0 radical (unpaired) electrons. The molecule has 1 aliphatic heterocycles. The van der Waals surface area contributed by atoms with Crippen molar-refractivity contribution in [3.8, 4) is 11.4 Å². The standard InChI is InChI=1S/C20H18FN5O/c1-25-19(27)11-18(17-8-9-22-13-23-17)24-20(25)26-10-2-3-15(12-26)14-4-6-16(21)7-5-14/h3-9,11,13H,2,10,12H2,1H3. The Morgan fingerprint density at radius 2 is 1.93 bits per heavy atom. The zero-order chi connectivity index (χ0) is 18.8. The van der Waals surface area contributed by atoms with Gasteiger partial charge < -0.3 is 4.90 Å². The fourth-order valence-corrected chi connectivity index (χ4v) is 3.17. The summed E-state index contributed by atoms with van der Waals surface area (Å²) in [6, 6.07) is 9.67. The van der Waals surface area contributed by atoms with Crippen molar-refractivity contribution in [1.82, 2.24) is 19.5 Å². The van der Waals surface area contributed by atoms with Crippen molar-refractivity contribution in [1.29, 1.82) is 0 Å². The number of hydrogen-bond acceptors (Lipinski definition) is 5. The molecule has 136 valence electrons. The van der Waals surface area contributed by atoms with E-state index in [-0.39, 0.29) is 11.4 Å². The van der Waals surface area contributed by atoms with Crippen LogP contribution in [-0.4, -0.2) is 32.6 Å². The van der Waals surface area contributed by atoms with Crippen LogP contribution in [0.2, 0.25) is 0 Å². The molecule has 3 aromatic rings. The molecule has 1 aliphatic rings. The van der Waals surface area contributed by atoms with Crippen molar-refractivity contribution in [3.05, 3.63) is 76.7 Å². The Kier molecular flexibility index (Phi) is 4.50. The molecule has 27 heavy (non-hydrogen) atoms. The third-order valence-corrected chi connectivity index (χ3v) is 4.60. The van der Waals surface area contributed by atoms with Gasteiger partial charge in [-0.3, -0.25) is 9.36 Å². The van der Waals surface area contributed by atoms with E-state index in [9.17, 15) is 9.18 Å². The molecule has 0 saturated heterocycles. The first kappa shape index (κ1) is 17.1. The monoisotopic (exact) mass is 363 g/mol. The summed E-state index contributed by atoms with van der Waals surface area (Å²) in [7, 11) is 1.71. The zero-order valence-corrected chi connectivity index (χ0v) is 14.8. The average Bonchev–Trinajstić information content (AvgIpc) is 2.71. The van der Waals surface area contributed by atoms with Gasteiger partial charge in [-0.15, -0.1) is 0 Å². The highest BCUT2D eigenvalue weighted by Crippen LogP contribution is 2.25. The van der Waals surface area contributed by atoms with Gasteiger partial charge in [0, 0.05) is 32.4 Å². The molecule has 0 unspecified atom stereocenters. The molecular formula is C20H18FN5O. The highest BCUT2D eigenvalue weighted by molar-refractivity contribution is 5.71. The Balaban J connectivity index is 1.69. The first-order chi connectivity index (χ1) is 13.1. The third-order valence-electron chi connectivity index (χ3n) is 4.60. The predicted octanol–water partition coefficient (Wildman–Crippen LogP) is 2.67. The lowest BCUT2D eigenvalue weighted by atomic mass is 10.0. The largest absolute Gasteiger partial charge is 0.338 e. The lowest BCUT2D eigenvalue weighted by Crippen LogP contribution is -2.35. The van der Waals surface area contributed by atoms with Crippen molar-refractivity contribution in [2.75, 3.05) is 18.0 Å². The van der Waals surface area contributed by atoms with Crippen LogP contribution in [0.3, 0.4) is 0 Å². The number of aromatic nitrogens is 4. The molecule has 0 aliphatic carbocycles. The number of benzene rings is 1. The van der Waals surface area contributed by atoms with Gasteiger partial charge in [0.1, 0.15) is 12.1 Å². The van der Waals surface area contributed by atoms with Gasteiger partial charge >= 0.3 is 0 Å². The van der Waals surface area contributed by atoms with E-state index >= 15 is 0 Å². The molecule has 0 saturated carbocycles. The fourth-order valence-electron chi connectivity index (χ4n) is 3.17. The lowest BCUT2D eigenvalue weighted by molar-refractivity contribution is 0.627. The first-order valence-electron chi connectivity index (χ1n) is 8.66. The number of anilines is 1. The molecule has 3 heterocycles. The highest BCUT2D eigenvalue weighted by atomic mass is 19.1. The molecule has 4 rings (SSSR count). The van der Waals surface area contributed by atoms with Gasteiger partial charge in [-0.25, -0.2) is 19.3 Å². The zero-order valence-electron chi connectivity index (χ0n) is 14.8. The van der Waals surface area contributed by atoms with Gasteiger partial charge in [0.05, 0.1) is 11.4 Å². The maximum absolute atomic E-state index is 13.2. The van der Waals surface area contributed by atoms with Crippen LogP contribution < -0.4 is 10.5 Å². The number of hydrogen-bond donors (Lipinski definition) is 0. The van der Waals surface area contributed by atoms with Gasteiger partial charge in [-0.1, -0.05) is 18.2 Å². The number of nitrogens with zero attached hydrogens (tertiary/aromatic N) is 5. The second-order valence-corrected chi connectivity index (χ2v) is 6.38. The molecule has 0 amide bonds. The van der Waals surface area contributed by atoms with Gasteiger partial charge in [0.15, 0.2) is 0 Å². The van der Waals surface area contributed by atoms with Crippen molar-refractivity contribution in [3.63, 3.8) is 0 Å². The van der Waals surface area contributed by atoms with Gasteiger partial charge in [-0.2, -0.15) is 0 Å². The maximum atomic E-state index is 13.2. The van der Waals surface area contributed by atoms with Crippen LogP contribution in [0.1, 0.15) is 12.0 Å². The second-order valence-electron chi connectivity index (χ2n) is 6.38. The topological polar surface area (TPSA) is 63.9 Å². The minimum Gasteiger partial charge on any atom is -0.338 e. The Labute approximate surface area is 155 Å². The molecule has 6 nitrogen and oxygen atoms in total. The van der Waals surface area contributed by atoms with Crippen LogP contribution in [0.25, 0.3) is 17.0 Å². The van der Waals surface area contributed by atoms with Gasteiger partial charge in [0.25, 0.3) is 5.56 Å². The van der Waals surface area contributed by atoms with E-state index in [1.54, 1.807) is 31.4 Å². The SMILES string of the molecule is Cn1c(N2CCC=C(c3ccc(F)cc3)C2)nc(-c2ccncn2)cc1=O. The molecule has 0 fully saturated rings. The molecule has 0 spiro atoms. The Bertz CT molecular complexity index is 1040. The smallest absolute Gasteiger partial charge is 0.255 e. The van der Waals surface area contributed by atoms with Crippen molar-refractivity contribution < 1.29 is 4.39 Å². The summed E-state index contributed by atoms with van der Waals surface area (Å²) in [5, 5.41) is 0. The van der Waals surface area contributed by atoms with E-state index in [1.807, 2.05) is 0 Å². The van der Waals surface area contributed by atoms with E-state index in [4.69, 9.17) is 0 Å². The minimum absolute atomic E-state index is 0.147. The van der Waals surface area contributed by atoms with Crippen molar-refractivity contribution >= 4 is 11.5 Å². The van der Waals surface area contributed by atoms with Crippen LogP contribution in [-0.2, 0) is 7.05 Å². The van der Waals surface area contributed by atoms with E-state index in [0.717, 1.165) is 24.1 Å². The van der Waals surface area contributed by atoms with Crippen molar-refractivity contribution in [2.24, 2.45) is 7.05 Å². The van der Waals surface area contributed by atoms with E-state index in [2.05, 4.69) is 25.9 Å². The highest BCUT2D eigenvalue weighted by Gasteiger charge is 2.19. The molecule has 0 N–H and O–H groups in total. The van der Waals surface area contributed by atoms with Gasteiger partial charge in [0.2, 0.25) is 5.95 Å². The number of rotatable bonds is 3. The Morgan fingerprint density at radius 1 is 1.11 bits per heavy atom. The molecule has 0 bridgehead atoms. The quantitative estimate of drug-likeness (QED) is 0.716.